The second-order valence-corrected chi connectivity index (χ2v) is 9.18. The van der Waals surface area contributed by atoms with E-state index in [0.717, 1.165) is 32.1 Å². The summed E-state index contributed by atoms with van der Waals surface area (Å²) < 4.78 is 0. The lowest BCUT2D eigenvalue weighted by molar-refractivity contribution is -0.114. The van der Waals surface area contributed by atoms with Crippen molar-refractivity contribution in [2.75, 3.05) is 17.2 Å². The van der Waals surface area contributed by atoms with Gasteiger partial charge in [0, 0.05) is 29.0 Å². The van der Waals surface area contributed by atoms with Crippen LogP contribution in [0.3, 0.4) is 0 Å². The van der Waals surface area contributed by atoms with Crippen molar-refractivity contribution in [3.63, 3.8) is 0 Å². The fourth-order valence-electron chi connectivity index (χ4n) is 3.85. The zero-order valence-corrected chi connectivity index (χ0v) is 20.5. The summed E-state index contributed by atoms with van der Waals surface area (Å²) in [4.78, 5) is 37.5. The van der Waals surface area contributed by atoms with Gasteiger partial charge in [0.05, 0.1) is 17.1 Å². The van der Waals surface area contributed by atoms with Gasteiger partial charge in [-0.05, 0) is 62.6 Å². The highest BCUT2D eigenvalue weighted by molar-refractivity contribution is 6.34. The molecule has 1 unspecified atom stereocenters. The summed E-state index contributed by atoms with van der Waals surface area (Å²) in [7, 11) is 0. The average molecular weight is 485 g/mol. The van der Waals surface area contributed by atoms with E-state index in [4.69, 9.17) is 11.6 Å². The van der Waals surface area contributed by atoms with E-state index >= 15 is 0 Å². The van der Waals surface area contributed by atoms with Gasteiger partial charge in [-0.15, -0.1) is 0 Å². The van der Waals surface area contributed by atoms with Crippen molar-refractivity contribution in [3.8, 4) is 0 Å². The number of hydrogen-bond donors (Lipinski definition) is 4. The van der Waals surface area contributed by atoms with E-state index in [1.54, 1.807) is 42.5 Å². The van der Waals surface area contributed by atoms with Gasteiger partial charge in [0.1, 0.15) is 0 Å². The molecule has 3 rings (SSSR count). The lowest BCUT2D eigenvalue weighted by Gasteiger charge is -2.23. The Morgan fingerprint density at radius 2 is 1.76 bits per heavy atom. The van der Waals surface area contributed by atoms with Crippen molar-refractivity contribution in [1.82, 2.24) is 10.6 Å². The minimum atomic E-state index is -0.282. The Morgan fingerprint density at radius 3 is 2.50 bits per heavy atom. The van der Waals surface area contributed by atoms with Gasteiger partial charge in [-0.25, -0.2) is 0 Å². The predicted octanol–water partition coefficient (Wildman–Crippen LogP) is 4.98. The summed E-state index contributed by atoms with van der Waals surface area (Å²) in [5, 5.41) is 12.1. The molecule has 0 bridgehead atoms. The van der Waals surface area contributed by atoms with Gasteiger partial charge < -0.3 is 21.3 Å². The van der Waals surface area contributed by atoms with E-state index in [1.165, 1.54) is 6.42 Å². The molecule has 7 nitrogen and oxygen atoms in total. The molecule has 0 saturated heterocycles. The molecular weight excluding hydrogens is 452 g/mol. The van der Waals surface area contributed by atoms with Crippen LogP contribution in [-0.2, 0) is 4.79 Å². The monoisotopic (exact) mass is 484 g/mol. The number of nitrogens with one attached hydrogen (secondary N) is 4. The molecule has 1 fully saturated rings. The third-order valence-corrected chi connectivity index (χ3v) is 6.33. The summed E-state index contributed by atoms with van der Waals surface area (Å²) in [6, 6.07) is 12.1. The molecule has 8 heteroatoms. The fourth-order valence-corrected chi connectivity index (χ4v) is 4.06. The van der Waals surface area contributed by atoms with E-state index in [0.29, 0.717) is 27.5 Å². The van der Waals surface area contributed by atoms with Crippen molar-refractivity contribution >= 4 is 40.7 Å². The van der Waals surface area contributed by atoms with E-state index in [1.807, 2.05) is 13.8 Å². The van der Waals surface area contributed by atoms with E-state index < -0.39 is 0 Å². The number of benzene rings is 2. The van der Waals surface area contributed by atoms with Gasteiger partial charge in [0.25, 0.3) is 11.8 Å². The maximum Gasteiger partial charge on any atom is 0.253 e. The first kappa shape index (κ1) is 25.6. The predicted molar refractivity (Wildman–Crippen MR) is 137 cm³/mol. The Morgan fingerprint density at radius 1 is 1.00 bits per heavy atom. The summed E-state index contributed by atoms with van der Waals surface area (Å²) >= 11 is 6.25. The van der Waals surface area contributed by atoms with E-state index in [-0.39, 0.29) is 36.3 Å². The largest absolute Gasteiger partial charge is 0.376 e. The Kier molecular flexibility index (Phi) is 9.33. The molecule has 1 saturated carbocycles. The molecule has 1 aliphatic rings. The highest BCUT2D eigenvalue weighted by Gasteiger charge is 2.19. The zero-order chi connectivity index (χ0) is 24.5. The first-order chi connectivity index (χ1) is 16.4. The topological polar surface area (TPSA) is 99.3 Å². The minimum absolute atomic E-state index is 0.00264. The molecule has 1 aliphatic carbocycles. The number of hydrogen-bond acceptors (Lipinski definition) is 4. The molecule has 0 radical (unpaired) electrons. The summed E-state index contributed by atoms with van der Waals surface area (Å²) in [6.07, 6.45) is 6.25. The van der Waals surface area contributed by atoms with Gasteiger partial charge in [0.2, 0.25) is 5.91 Å². The normalized spacial score (nSPS) is 14.7. The molecule has 182 valence electrons. The lowest BCUT2D eigenvalue weighted by atomic mass is 9.95. The molecule has 2 aromatic carbocycles. The van der Waals surface area contributed by atoms with Crippen LogP contribution in [0.2, 0.25) is 5.02 Å². The van der Waals surface area contributed by atoms with Crippen LogP contribution in [0.5, 0.6) is 0 Å². The number of carbonyl (C=O) groups is 3. The minimum Gasteiger partial charge on any atom is -0.376 e. The quantitative estimate of drug-likeness (QED) is 0.403. The molecular formula is C26H33ClN4O3. The molecule has 0 aromatic heterocycles. The Hall–Kier alpha value is -3.06. The Bertz CT molecular complexity index is 1020. The maximum atomic E-state index is 12.7. The second-order valence-electron chi connectivity index (χ2n) is 8.77. The highest BCUT2D eigenvalue weighted by Crippen LogP contribution is 2.23. The van der Waals surface area contributed by atoms with Crippen LogP contribution in [0, 0.1) is 0 Å². The van der Waals surface area contributed by atoms with Gasteiger partial charge in [-0.2, -0.15) is 0 Å². The van der Waals surface area contributed by atoms with E-state index in [9.17, 15) is 14.4 Å². The smallest absolute Gasteiger partial charge is 0.253 e. The Balaban J connectivity index is 1.56. The number of rotatable bonds is 9. The van der Waals surface area contributed by atoms with Crippen LogP contribution in [0.25, 0.3) is 0 Å². The molecule has 1 atom stereocenters. The third kappa shape index (κ3) is 7.48. The van der Waals surface area contributed by atoms with Gasteiger partial charge in [-0.1, -0.05) is 43.9 Å². The van der Waals surface area contributed by atoms with E-state index in [2.05, 4.69) is 21.3 Å². The van der Waals surface area contributed by atoms with Crippen LogP contribution in [0.1, 0.15) is 73.1 Å². The van der Waals surface area contributed by atoms with Gasteiger partial charge >= 0.3 is 0 Å². The number of amides is 3. The average Bonchev–Trinajstić information content (AvgIpc) is 2.84. The second kappa shape index (κ2) is 12.4. The number of halogens is 1. The van der Waals surface area contributed by atoms with Crippen LogP contribution in [0.15, 0.2) is 42.5 Å². The first-order valence-corrected chi connectivity index (χ1v) is 12.3. The number of carbonyl (C=O) groups excluding carboxylic acids is 3. The molecule has 3 amide bonds. The summed E-state index contributed by atoms with van der Waals surface area (Å²) in [6.45, 7) is 3.96. The highest BCUT2D eigenvalue weighted by atomic mass is 35.5. The van der Waals surface area contributed by atoms with Crippen molar-refractivity contribution < 1.29 is 14.4 Å². The van der Waals surface area contributed by atoms with Crippen molar-refractivity contribution in [2.45, 2.75) is 64.5 Å². The van der Waals surface area contributed by atoms with Gasteiger partial charge in [0.15, 0.2) is 0 Å². The maximum absolute atomic E-state index is 12.7. The summed E-state index contributed by atoms with van der Waals surface area (Å²) in [5.41, 5.74) is 2.03. The van der Waals surface area contributed by atoms with Crippen molar-refractivity contribution in [1.29, 1.82) is 0 Å². The third-order valence-electron chi connectivity index (χ3n) is 6.00. The molecule has 0 spiro atoms. The fraction of sp³-hybridized carbons (Fsp3) is 0.423. The van der Waals surface area contributed by atoms with Crippen LogP contribution >= 0.6 is 11.6 Å². The first-order valence-electron chi connectivity index (χ1n) is 11.9. The Labute approximate surface area is 206 Å². The molecule has 4 N–H and O–H groups in total. The van der Waals surface area contributed by atoms with Crippen molar-refractivity contribution in [3.05, 3.63) is 58.6 Å². The molecule has 2 aromatic rings. The SMILES string of the molecule is CCC(C)NC(=O)c1cccc(NCC(=O)Nc2ccc(Cl)c(C(=O)NC3CCCCC3)c2)c1. The van der Waals surface area contributed by atoms with Gasteiger partial charge in [-0.3, -0.25) is 14.4 Å². The van der Waals surface area contributed by atoms with Crippen LogP contribution < -0.4 is 21.3 Å². The molecule has 34 heavy (non-hydrogen) atoms. The standard InChI is InChI=1S/C26H33ClN4O3/c1-3-17(2)29-25(33)18-8-7-11-20(14-18)28-16-24(32)30-21-12-13-23(27)22(15-21)26(34)31-19-9-5-4-6-10-19/h7-8,11-15,17,19,28H,3-6,9-10,16H2,1-2H3,(H,29,33)(H,30,32)(H,31,34). The molecule has 0 heterocycles. The van der Waals surface area contributed by atoms with Crippen molar-refractivity contribution in [2.24, 2.45) is 0 Å². The van der Waals surface area contributed by atoms with Crippen LogP contribution in [-0.4, -0.2) is 36.3 Å². The zero-order valence-electron chi connectivity index (χ0n) is 19.7. The number of anilines is 2. The summed E-state index contributed by atoms with van der Waals surface area (Å²) in [5.74, 6) is -0.656. The van der Waals surface area contributed by atoms with Crippen LogP contribution in [0.4, 0.5) is 11.4 Å². The lowest BCUT2D eigenvalue weighted by Crippen LogP contribution is -2.36. The molecule has 0 aliphatic heterocycles.